The summed E-state index contributed by atoms with van der Waals surface area (Å²) in [7, 11) is 0. The smallest absolute Gasteiger partial charge is 0.0437 e. The van der Waals surface area contributed by atoms with Crippen molar-refractivity contribution in [2.45, 2.75) is 44.4 Å². The molecule has 1 saturated carbocycles. The van der Waals surface area contributed by atoms with Crippen molar-refractivity contribution in [3.63, 3.8) is 0 Å². The Morgan fingerprint density at radius 3 is 2.57 bits per heavy atom. The van der Waals surface area contributed by atoms with Crippen molar-refractivity contribution in [3.05, 3.63) is 64.9 Å². The fourth-order valence-electron chi connectivity index (χ4n) is 3.54. The van der Waals surface area contributed by atoms with E-state index in [1.807, 2.05) is 24.4 Å². The van der Waals surface area contributed by atoms with Crippen molar-refractivity contribution >= 4 is 11.6 Å². The van der Waals surface area contributed by atoms with Crippen LogP contribution in [0.15, 0.2) is 48.7 Å². The average Bonchev–Trinajstić information content (AvgIpc) is 2.55. The SMILES string of the molecule is Clc1ccc(CC[C@@H]2CCCC[C@@H]2c2ccccn2)cc1. The van der Waals surface area contributed by atoms with Crippen LogP contribution >= 0.6 is 11.6 Å². The maximum atomic E-state index is 5.96. The predicted molar refractivity (Wildman–Crippen MR) is 88.7 cm³/mol. The molecule has 0 aliphatic heterocycles. The topological polar surface area (TPSA) is 12.9 Å². The Bertz CT molecular complexity index is 550. The molecule has 1 heterocycles. The van der Waals surface area contributed by atoms with Crippen LogP contribution in [0.1, 0.15) is 49.3 Å². The van der Waals surface area contributed by atoms with E-state index in [1.54, 1.807) is 0 Å². The van der Waals surface area contributed by atoms with Gasteiger partial charge in [0.15, 0.2) is 0 Å². The molecule has 0 bridgehead atoms. The van der Waals surface area contributed by atoms with Gasteiger partial charge >= 0.3 is 0 Å². The Morgan fingerprint density at radius 1 is 1.00 bits per heavy atom. The molecule has 2 aromatic rings. The molecule has 0 radical (unpaired) electrons. The van der Waals surface area contributed by atoms with Gasteiger partial charge in [-0.2, -0.15) is 0 Å². The Morgan fingerprint density at radius 2 is 1.81 bits per heavy atom. The molecule has 3 rings (SSSR count). The zero-order valence-electron chi connectivity index (χ0n) is 12.3. The van der Waals surface area contributed by atoms with Gasteiger partial charge in [0.25, 0.3) is 0 Å². The first kappa shape index (κ1) is 14.6. The Kier molecular flexibility index (Phi) is 4.92. The van der Waals surface area contributed by atoms with Crippen molar-refractivity contribution in [3.8, 4) is 0 Å². The molecule has 0 spiro atoms. The maximum Gasteiger partial charge on any atom is 0.0437 e. The van der Waals surface area contributed by atoms with E-state index in [9.17, 15) is 0 Å². The van der Waals surface area contributed by atoms with Gasteiger partial charge in [0.1, 0.15) is 0 Å². The van der Waals surface area contributed by atoms with Crippen molar-refractivity contribution < 1.29 is 0 Å². The molecular formula is C19H22ClN. The summed E-state index contributed by atoms with van der Waals surface area (Å²) in [5.74, 6) is 1.41. The molecule has 1 aliphatic rings. The highest BCUT2D eigenvalue weighted by atomic mass is 35.5. The molecule has 1 fully saturated rings. The highest BCUT2D eigenvalue weighted by Crippen LogP contribution is 2.39. The van der Waals surface area contributed by atoms with E-state index >= 15 is 0 Å². The second-order valence-electron chi connectivity index (χ2n) is 6.07. The molecule has 0 unspecified atom stereocenters. The fraction of sp³-hybridized carbons (Fsp3) is 0.421. The minimum absolute atomic E-state index is 0.646. The van der Waals surface area contributed by atoms with Crippen LogP contribution in [0, 0.1) is 5.92 Å². The Labute approximate surface area is 132 Å². The van der Waals surface area contributed by atoms with Crippen LogP contribution in [0.3, 0.4) is 0 Å². The lowest BCUT2D eigenvalue weighted by atomic mass is 9.75. The van der Waals surface area contributed by atoms with E-state index in [4.69, 9.17) is 11.6 Å². The maximum absolute atomic E-state index is 5.96. The third-order valence-electron chi connectivity index (χ3n) is 4.69. The van der Waals surface area contributed by atoms with Crippen molar-refractivity contribution in [2.75, 3.05) is 0 Å². The van der Waals surface area contributed by atoms with Gasteiger partial charge in [-0.05, 0) is 61.4 Å². The molecule has 2 heteroatoms. The lowest BCUT2D eigenvalue weighted by Gasteiger charge is -2.31. The molecule has 1 nitrogen and oxygen atoms in total. The average molecular weight is 300 g/mol. The molecule has 1 aliphatic carbocycles. The van der Waals surface area contributed by atoms with E-state index in [2.05, 4.69) is 29.2 Å². The molecule has 110 valence electrons. The quantitative estimate of drug-likeness (QED) is 0.711. The lowest BCUT2D eigenvalue weighted by molar-refractivity contribution is 0.286. The zero-order chi connectivity index (χ0) is 14.5. The van der Waals surface area contributed by atoms with Gasteiger partial charge in [-0.1, -0.05) is 42.6 Å². The molecule has 2 atom stereocenters. The molecular weight excluding hydrogens is 278 g/mol. The Balaban J connectivity index is 1.66. The van der Waals surface area contributed by atoms with Crippen LogP contribution in [0.4, 0.5) is 0 Å². The zero-order valence-corrected chi connectivity index (χ0v) is 13.1. The summed E-state index contributed by atoms with van der Waals surface area (Å²) >= 11 is 5.96. The highest BCUT2D eigenvalue weighted by molar-refractivity contribution is 6.30. The van der Waals surface area contributed by atoms with Gasteiger partial charge in [-0.3, -0.25) is 4.98 Å². The summed E-state index contributed by atoms with van der Waals surface area (Å²) in [5.41, 5.74) is 2.68. The van der Waals surface area contributed by atoms with Crippen LogP contribution in [0.5, 0.6) is 0 Å². The number of hydrogen-bond acceptors (Lipinski definition) is 1. The van der Waals surface area contributed by atoms with E-state index < -0.39 is 0 Å². The van der Waals surface area contributed by atoms with Gasteiger partial charge in [-0.25, -0.2) is 0 Å². The van der Waals surface area contributed by atoms with Crippen LogP contribution in [0.25, 0.3) is 0 Å². The first-order valence-electron chi connectivity index (χ1n) is 7.98. The lowest BCUT2D eigenvalue weighted by Crippen LogP contribution is -2.19. The summed E-state index contributed by atoms with van der Waals surface area (Å²) < 4.78 is 0. The number of halogens is 1. The number of benzene rings is 1. The molecule has 1 aromatic carbocycles. The van der Waals surface area contributed by atoms with Gasteiger partial charge in [0, 0.05) is 22.8 Å². The molecule has 0 amide bonds. The second-order valence-corrected chi connectivity index (χ2v) is 6.51. The number of rotatable bonds is 4. The molecule has 21 heavy (non-hydrogen) atoms. The summed E-state index contributed by atoms with van der Waals surface area (Å²) in [4.78, 5) is 4.60. The third kappa shape index (κ3) is 3.85. The summed E-state index contributed by atoms with van der Waals surface area (Å²) in [6.45, 7) is 0. The standard InChI is InChI=1S/C19H22ClN/c20-17-12-9-15(10-13-17)8-11-16-5-1-2-6-18(16)19-7-3-4-14-21-19/h3-4,7,9-10,12-14,16,18H,1-2,5-6,8,11H2/t16-,18-/m0/s1. The van der Waals surface area contributed by atoms with Gasteiger partial charge in [-0.15, -0.1) is 0 Å². The summed E-state index contributed by atoms with van der Waals surface area (Å²) in [6, 6.07) is 14.6. The van der Waals surface area contributed by atoms with E-state index in [-0.39, 0.29) is 0 Å². The number of aryl methyl sites for hydroxylation is 1. The fourth-order valence-corrected chi connectivity index (χ4v) is 3.67. The predicted octanol–water partition coefficient (Wildman–Crippen LogP) is 5.64. The number of nitrogens with zero attached hydrogens (tertiary/aromatic N) is 1. The first-order valence-corrected chi connectivity index (χ1v) is 8.36. The van der Waals surface area contributed by atoms with Crippen LogP contribution in [-0.2, 0) is 6.42 Å². The number of hydrogen-bond donors (Lipinski definition) is 0. The highest BCUT2D eigenvalue weighted by Gasteiger charge is 2.26. The summed E-state index contributed by atoms with van der Waals surface area (Å²) in [6.07, 6.45) is 9.68. The second kappa shape index (κ2) is 7.09. The number of aromatic nitrogens is 1. The van der Waals surface area contributed by atoms with Crippen molar-refractivity contribution in [2.24, 2.45) is 5.92 Å². The molecule has 0 N–H and O–H groups in total. The van der Waals surface area contributed by atoms with Gasteiger partial charge < -0.3 is 0 Å². The minimum Gasteiger partial charge on any atom is -0.261 e. The van der Waals surface area contributed by atoms with Crippen LogP contribution < -0.4 is 0 Å². The first-order chi connectivity index (χ1) is 10.3. The molecule has 0 saturated heterocycles. The van der Waals surface area contributed by atoms with E-state index in [1.165, 1.54) is 43.4 Å². The van der Waals surface area contributed by atoms with Gasteiger partial charge in [0.2, 0.25) is 0 Å². The van der Waals surface area contributed by atoms with E-state index in [0.29, 0.717) is 5.92 Å². The van der Waals surface area contributed by atoms with Crippen LogP contribution in [-0.4, -0.2) is 4.98 Å². The van der Waals surface area contributed by atoms with Crippen molar-refractivity contribution in [1.29, 1.82) is 0 Å². The van der Waals surface area contributed by atoms with Crippen LogP contribution in [0.2, 0.25) is 5.02 Å². The van der Waals surface area contributed by atoms with Gasteiger partial charge in [0.05, 0.1) is 0 Å². The monoisotopic (exact) mass is 299 g/mol. The third-order valence-corrected chi connectivity index (χ3v) is 4.95. The largest absolute Gasteiger partial charge is 0.261 e. The number of pyridine rings is 1. The molecule has 1 aromatic heterocycles. The van der Waals surface area contributed by atoms with E-state index in [0.717, 1.165) is 17.4 Å². The minimum atomic E-state index is 0.646. The van der Waals surface area contributed by atoms with Crippen molar-refractivity contribution in [1.82, 2.24) is 4.98 Å². The summed E-state index contributed by atoms with van der Waals surface area (Å²) in [5, 5.41) is 0.822. The normalized spacial score (nSPS) is 22.1. The Hall–Kier alpha value is -1.34.